The second kappa shape index (κ2) is 7.86. The fraction of sp³-hybridized carbons (Fsp3) is 0.211. The Labute approximate surface area is 154 Å². The smallest absolute Gasteiger partial charge is 0.304 e. The van der Waals surface area contributed by atoms with Crippen molar-refractivity contribution in [3.05, 3.63) is 48.3 Å². The Morgan fingerprint density at radius 3 is 2.63 bits per heavy atom. The van der Waals surface area contributed by atoms with Crippen LogP contribution in [0.15, 0.2) is 52.7 Å². The topological polar surface area (TPSA) is 96.3 Å². The van der Waals surface area contributed by atoms with Gasteiger partial charge in [0, 0.05) is 5.39 Å². The van der Waals surface area contributed by atoms with Gasteiger partial charge in [0.25, 0.3) is 0 Å². The maximum Gasteiger partial charge on any atom is 0.304 e. The van der Waals surface area contributed by atoms with Crippen molar-refractivity contribution in [2.75, 3.05) is 6.61 Å². The van der Waals surface area contributed by atoms with E-state index in [-0.39, 0.29) is 11.6 Å². The fourth-order valence-electron chi connectivity index (χ4n) is 2.46. The zero-order valence-electron chi connectivity index (χ0n) is 14.8. The summed E-state index contributed by atoms with van der Waals surface area (Å²) in [6.07, 6.45) is -0.878. The number of nitrogens with one attached hydrogen (secondary N) is 1. The molecule has 0 saturated carbocycles. The predicted octanol–water partition coefficient (Wildman–Crippen LogP) is 4.49. The number of azo groups is 1. The van der Waals surface area contributed by atoms with E-state index in [2.05, 4.69) is 15.2 Å². The van der Waals surface area contributed by atoms with Crippen molar-refractivity contribution in [3.8, 4) is 17.4 Å². The zero-order valence-corrected chi connectivity index (χ0v) is 14.8. The number of hydrogen-bond donors (Lipinski definition) is 2. The second-order valence-electron chi connectivity index (χ2n) is 5.71. The van der Waals surface area contributed by atoms with Crippen LogP contribution in [0.1, 0.15) is 13.8 Å². The summed E-state index contributed by atoms with van der Waals surface area (Å²) in [7, 11) is 0. The number of aromatic hydroxyl groups is 1. The van der Waals surface area contributed by atoms with Gasteiger partial charge in [-0.05, 0) is 56.3 Å². The van der Waals surface area contributed by atoms with Crippen LogP contribution in [0.5, 0.6) is 17.4 Å². The summed E-state index contributed by atoms with van der Waals surface area (Å²) in [6, 6.07) is 10.7. The molecule has 2 aromatic carbocycles. The van der Waals surface area contributed by atoms with E-state index in [0.29, 0.717) is 29.0 Å². The number of hydrogen-bond acceptors (Lipinski definition) is 5. The second-order valence-corrected chi connectivity index (χ2v) is 5.71. The maximum atomic E-state index is 13.2. The minimum absolute atomic E-state index is 0.0617. The first-order valence-corrected chi connectivity index (χ1v) is 8.33. The van der Waals surface area contributed by atoms with E-state index in [1.54, 1.807) is 31.2 Å². The number of rotatable bonds is 6. The molecule has 3 rings (SSSR count). The van der Waals surface area contributed by atoms with E-state index in [9.17, 15) is 14.3 Å². The quantitative estimate of drug-likeness (QED) is 0.624. The van der Waals surface area contributed by atoms with Gasteiger partial charge in [0.05, 0.1) is 12.1 Å². The van der Waals surface area contributed by atoms with Crippen LogP contribution >= 0.6 is 0 Å². The highest BCUT2D eigenvalue weighted by Crippen LogP contribution is 2.35. The summed E-state index contributed by atoms with van der Waals surface area (Å²) >= 11 is 0. The van der Waals surface area contributed by atoms with Gasteiger partial charge in [-0.15, -0.1) is 10.2 Å². The van der Waals surface area contributed by atoms with Crippen LogP contribution in [0.3, 0.4) is 0 Å². The van der Waals surface area contributed by atoms with Crippen LogP contribution < -0.4 is 9.47 Å². The molecule has 0 unspecified atom stereocenters. The van der Waals surface area contributed by atoms with Crippen molar-refractivity contribution in [3.63, 3.8) is 0 Å². The molecule has 0 aliphatic rings. The molecule has 0 spiro atoms. The maximum absolute atomic E-state index is 13.2. The summed E-state index contributed by atoms with van der Waals surface area (Å²) in [4.78, 5) is 14.7. The van der Waals surface area contributed by atoms with Gasteiger partial charge >= 0.3 is 5.91 Å². The van der Waals surface area contributed by atoms with Gasteiger partial charge in [-0.3, -0.25) is 4.79 Å². The molecule has 27 heavy (non-hydrogen) atoms. The third kappa shape index (κ3) is 4.22. The Hall–Kier alpha value is -3.42. The first-order chi connectivity index (χ1) is 13.0. The van der Waals surface area contributed by atoms with E-state index >= 15 is 0 Å². The fourth-order valence-corrected chi connectivity index (χ4v) is 2.46. The molecule has 1 heterocycles. The molecule has 1 amide bonds. The number of aromatic nitrogens is 1. The number of fused-ring (bicyclic) bond motifs is 1. The number of aromatic amines is 1. The third-order valence-corrected chi connectivity index (χ3v) is 3.76. The Kier molecular flexibility index (Phi) is 5.35. The predicted molar refractivity (Wildman–Crippen MR) is 97.1 cm³/mol. The van der Waals surface area contributed by atoms with Crippen molar-refractivity contribution in [1.82, 2.24) is 4.98 Å². The summed E-state index contributed by atoms with van der Waals surface area (Å²) in [5.41, 5.74) is 0.416. The average molecular weight is 371 g/mol. The van der Waals surface area contributed by atoms with Crippen LogP contribution in [0.2, 0.25) is 0 Å². The summed E-state index contributed by atoms with van der Waals surface area (Å²) in [5, 5.41) is 17.7. The van der Waals surface area contributed by atoms with Crippen LogP contribution in [0.4, 0.5) is 10.1 Å². The Balaban J connectivity index is 1.70. The number of amides is 1. The first-order valence-electron chi connectivity index (χ1n) is 8.33. The number of ether oxygens (including phenoxy) is 2. The highest BCUT2D eigenvalue weighted by molar-refractivity contribution is 5.94. The lowest BCUT2D eigenvalue weighted by Gasteiger charge is -2.11. The van der Waals surface area contributed by atoms with E-state index in [0.717, 1.165) is 0 Å². The molecular weight excluding hydrogens is 353 g/mol. The van der Waals surface area contributed by atoms with Crippen molar-refractivity contribution in [1.29, 1.82) is 0 Å². The highest BCUT2D eigenvalue weighted by atomic mass is 19.1. The molecule has 0 saturated heterocycles. The standard InChI is InChI=1S/C19H18FN3O4/c1-3-26-13-5-7-14(8-6-13)27-11(2)18(24)23-22-17-15-9-4-12(20)10-16(15)21-19(17)25/h4-11,21,25H,3H2,1-2H3/t11-/m0/s1. The number of carbonyl (C=O) groups excluding carboxylic acids is 1. The monoisotopic (exact) mass is 371 g/mol. The third-order valence-electron chi connectivity index (χ3n) is 3.76. The average Bonchev–Trinajstić information content (AvgIpc) is 2.95. The lowest BCUT2D eigenvalue weighted by molar-refractivity contribution is -0.124. The molecule has 1 atom stereocenters. The zero-order chi connectivity index (χ0) is 19.4. The molecule has 1 aromatic heterocycles. The summed E-state index contributed by atoms with van der Waals surface area (Å²) in [6.45, 7) is 3.99. The summed E-state index contributed by atoms with van der Waals surface area (Å²) in [5.74, 6) is -0.192. The van der Waals surface area contributed by atoms with Gasteiger partial charge in [-0.25, -0.2) is 4.39 Å². The molecular formula is C19H18FN3O4. The van der Waals surface area contributed by atoms with E-state index < -0.39 is 17.8 Å². The number of benzene rings is 2. The van der Waals surface area contributed by atoms with Crippen LogP contribution in [-0.2, 0) is 4.79 Å². The molecule has 0 aliphatic carbocycles. The van der Waals surface area contributed by atoms with Gasteiger partial charge in [-0.2, -0.15) is 0 Å². The Morgan fingerprint density at radius 1 is 1.22 bits per heavy atom. The number of H-pyrrole nitrogens is 1. The van der Waals surface area contributed by atoms with Gasteiger partial charge in [0.2, 0.25) is 5.88 Å². The molecule has 140 valence electrons. The van der Waals surface area contributed by atoms with Crippen molar-refractivity contribution in [2.45, 2.75) is 20.0 Å². The number of nitrogens with zero attached hydrogens (tertiary/aromatic N) is 2. The lowest BCUT2D eigenvalue weighted by Crippen LogP contribution is -2.21. The molecule has 0 fully saturated rings. The number of carbonyl (C=O) groups is 1. The Morgan fingerprint density at radius 2 is 1.93 bits per heavy atom. The van der Waals surface area contributed by atoms with Crippen molar-refractivity contribution >= 4 is 22.5 Å². The first kappa shape index (κ1) is 18.4. The van der Waals surface area contributed by atoms with Crippen molar-refractivity contribution in [2.24, 2.45) is 10.2 Å². The van der Waals surface area contributed by atoms with Gasteiger partial charge in [-0.1, -0.05) is 0 Å². The normalized spacial score (nSPS) is 12.4. The summed E-state index contributed by atoms with van der Waals surface area (Å²) < 4.78 is 24.1. The number of halogens is 1. The largest absolute Gasteiger partial charge is 0.494 e. The van der Waals surface area contributed by atoms with Crippen molar-refractivity contribution < 1.29 is 23.8 Å². The van der Waals surface area contributed by atoms with Gasteiger partial charge < -0.3 is 19.6 Å². The molecule has 0 radical (unpaired) electrons. The molecule has 2 N–H and O–H groups in total. The van der Waals surface area contributed by atoms with E-state index in [1.165, 1.54) is 18.2 Å². The van der Waals surface area contributed by atoms with Gasteiger partial charge in [0.1, 0.15) is 17.3 Å². The molecule has 0 bridgehead atoms. The van der Waals surface area contributed by atoms with Crippen LogP contribution in [-0.4, -0.2) is 28.7 Å². The SMILES string of the molecule is CCOc1ccc(O[C@@H](C)C(=O)N=Nc2c(O)[nH]c3cc(F)ccc23)cc1. The van der Waals surface area contributed by atoms with Crippen LogP contribution in [0.25, 0.3) is 10.9 Å². The molecule has 7 nitrogen and oxygen atoms in total. The minimum atomic E-state index is -0.878. The molecule has 3 aromatic rings. The molecule has 8 heteroatoms. The van der Waals surface area contributed by atoms with E-state index in [4.69, 9.17) is 9.47 Å². The highest BCUT2D eigenvalue weighted by Gasteiger charge is 2.16. The Bertz CT molecular complexity index is 983. The van der Waals surface area contributed by atoms with E-state index in [1.807, 2.05) is 6.92 Å². The lowest BCUT2D eigenvalue weighted by atomic mass is 10.2. The minimum Gasteiger partial charge on any atom is -0.494 e. The van der Waals surface area contributed by atoms with Gasteiger partial charge in [0.15, 0.2) is 11.8 Å². The molecule has 0 aliphatic heterocycles. The van der Waals surface area contributed by atoms with Crippen LogP contribution in [0, 0.1) is 5.82 Å².